The zero-order valence-corrected chi connectivity index (χ0v) is 13.4. The van der Waals surface area contributed by atoms with E-state index in [0.29, 0.717) is 6.04 Å². The summed E-state index contributed by atoms with van der Waals surface area (Å²) in [6, 6.07) is 8.73. The van der Waals surface area contributed by atoms with Crippen molar-refractivity contribution in [2.24, 2.45) is 0 Å². The Morgan fingerprint density at radius 1 is 1.41 bits per heavy atom. The van der Waals surface area contributed by atoms with Crippen molar-refractivity contribution >= 4 is 11.3 Å². The Kier molecular flexibility index (Phi) is 3.60. The Hall–Kier alpha value is -1.85. The third kappa shape index (κ3) is 2.62. The van der Waals surface area contributed by atoms with Gasteiger partial charge in [0.15, 0.2) is 10.8 Å². The second-order valence-corrected chi connectivity index (χ2v) is 6.67. The molecule has 4 rings (SSSR count). The van der Waals surface area contributed by atoms with Gasteiger partial charge in [-0.1, -0.05) is 0 Å². The SMILES string of the molecule is Cc1ccc(-c2nc(CN3CCC[C@@H]3c3ccc[nH]3)cs2)o1. The molecule has 0 unspecified atom stereocenters. The van der Waals surface area contributed by atoms with Crippen molar-refractivity contribution in [2.75, 3.05) is 6.54 Å². The molecule has 0 bridgehead atoms. The van der Waals surface area contributed by atoms with Crippen LogP contribution in [0.15, 0.2) is 40.3 Å². The molecule has 5 heteroatoms. The second-order valence-electron chi connectivity index (χ2n) is 5.81. The van der Waals surface area contributed by atoms with Gasteiger partial charge in [-0.25, -0.2) is 4.98 Å². The number of nitrogens with zero attached hydrogens (tertiary/aromatic N) is 2. The van der Waals surface area contributed by atoms with Gasteiger partial charge in [0.1, 0.15) is 5.76 Å². The number of hydrogen-bond acceptors (Lipinski definition) is 4. The normalized spacial score (nSPS) is 19.0. The van der Waals surface area contributed by atoms with Crippen LogP contribution in [-0.2, 0) is 6.54 Å². The number of rotatable bonds is 4. The number of furan rings is 1. The van der Waals surface area contributed by atoms with Gasteiger partial charge in [-0.2, -0.15) is 0 Å². The molecule has 0 aliphatic carbocycles. The Labute approximate surface area is 133 Å². The summed E-state index contributed by atoms with van der Waals surface area (Å²) in [7, 11) is 0. The van der Waals surface area contributed by atoms with E-state index in [0.717, 1.165) is 35.3 Å². The number of aromatic nitrogens is 2. The molecule has 1 atom stereocenters. The highest BCUT2D eigenvalue weighted by molar-refractivity contribution is 7.13. The van der Waals surface area contributed by atoms with E-state index in [1.807, 2.05) is 25.3 Å². The lowest BCUT2D eigenvalue weighted by molar-refractivity contribution is 0.242. The smallest absolute Gasteiger partial charge is 0.162 e. The molecule has 0 saturated carbocycles. The van der Waals surface area contributed by atoms with Gasteiger partial charge in [-0.15, -0.1) is 11.3 Å². The molecule has 1 saturated heterocycles. The van der Waals surface area contributed by atoms with Crippen molar-refractivity contribution in [3.05, 3.63) is 53.0 Å². The van der Waals surface area contributed by atoms with Crippen LogP contribution in [0.3, 0.4) is 0 Å². The fraction of sp³-hybridized carbons (Fsp3) is 0.353. The zero-order chi connectivity index (χ0) is 14.9. The van der Waals surface area contributed by atoms with Crippen LogP contribution in [0.2, 0.25) is 0 Å². The Bertz CT molecular complexity index is 744. The molecule has 114 valence electrons. The highest BCUT2D eigenvalue weighted by Gasteiger charge is 2.27. The predicted molar refractivity (Wildman–Crippen MR) is 87.7 cm³/mol. The fourth-order valence-electron chi connectivity index (χ4n) is 3.17. The molecule has 1 fully saturated rings. The molecule has 0 spiro atoms. The first-order chi connectivity index (χ1) is 10.8. The van der Waals surface area contributed by atoms with Crippen LogP contribution in [0, 0.1) is 6.92 Å². The number of thiazole rings is 1. The molecular weight excluding hydrogens is 294 g/mol. The van der Waals surface area contributed by atoms with E-state index in [4.69, 9.17) is 9.40 Å². The molecule has 1 aliphatic heterocycles. The lowest BCUT2D eigenvalue weighted by Crippen LogP contribution is -2.23. The van der Waals surface area contributed by atoms with Gasteiger partial charge in [-0.3, -0.25) is 4.90 Å². The molecule has 4 heterocycles. The van der Waals surface area contributed by atoms with Crippen LogP contribution < -0.4 is 0 Å². The molecule has 0 radical (unpaired) electrons. The van der Waals surface area contributed by atoms with Crippen LogP contribution in [0.4, 0.5) is 0 Å². The number of aromatic amines is 1. The third-order valence-corrected chi connectivity index (χ3v) is 5.12. The van der Waals surface area contributed by atoms with Gasteiger partial charge in [-0.05, 0) is 50.6 Å². The Morgan fingerprint density at radius 3 is 3.14 bits per heavy atom. The molecule has 0 amide bonds. The van der Waals surface area contributed by atoms with Crippen LogP contribution in [0.25, 0.3) is 10.8 Å². The van der Waals surface area contributed by atoms with Crippen LogP contribution in [0.5, 0.6) is 0 Å². The van der Waals surface area contributed by atoms with E-state index >= 15 is 0 Å². The summed E-state index contributed by atoms with van der Waals surface area (Å²) in [5, 5.41) is 3.12. The van der Waals surface area contributed by atoms with Gasteiger partial charge in [0.05, 0.1) is 11.7 Å². The van der Waals surface area contributed by atoms with Crippen molar-refractivity contribution in [3.63, 3.8) is 0 Å². The maximum atomic E-state index is 5.66. The summed E-state index contributed by atoms with van der Waals surface area (Å²) in [5.74, 6) is 1.80. The lowest BCUT2D eigenvalue weighted by Gasteiger charge is -2.22. The molecule has 4 nitrogen and oxygen atoms in total. The first-order valence-electron chi connectivity index (χ1n) is 7.68. The second kappa shape index (κ2) is 5.74. The van der Waals surface area contributed by atoms with E-state index in [1.54, 1.807) is 11.3 Å². The minimum absolute atomic E-state index is 0.492. The number of nitrogens with one attached hydrogen (secondary N) is 1. The standard InChI is InChI=1S/C17H19N3OS/c1-12-6-7-16(21-12)17-19-13(11-22-17)10-20-9-3-5-15(20)14-4-2-8-18-14/h2,4,6-8,11,15,18H,3,5,9-10H2,1H3/t15-/m1/s1. The number of hydrogen-bond donors (Lipinski definition) is 1. The van der Waals surface area contributed by atoms with Crippen LogP contribution in [0.1, 0.15) is 36.0 Å². The molecule has 1 N–H and O–H groups in total. The minimum atomic E-state index is 0.492. The van der Waals surface area contributed by atoms with Crippen molar-refractivity contribution in [1.29, 1.82) is 0 Å². The van der Waals surface area contributed by atoms with Gasteiger partial charge in [0, 0.05) is 23.8 Å². The largest absolute Gasteiger partial charge is 0.459 e. The van der Waals surface area contributed by atoms with Crippen LogP contribution >= 0.6 is 11.3 Å². The van der Waals surface area contributed by atoms with E-state index in [-0.39, 0.29) is 0 Å². The Balaban J connectivity index is 1.50. The summed E-state index contributed by atoms with van der Waals surface area (Å²) in [5.41, 5.74) is 2.45. The van der Waals surface area contributed by atoms with E-state index in [1.165, 1.54) is 18.5 Å². The maximum absolute atomic E-state index is 5.66. The van der Waals surface area contributed by atoms with Gasteiger partial charge in [0.2, 0.25) is 0 Å². The maximum Gasteiger partial charge on any atom is 0.162 e. The topological polar surface area (TPSA) is 45.1 Å². The zero-order valence-electron chi connectivity index (χ0n) is 12.6. The first-order valence-corrected chi connectivity index (χ1v) is 8.56. The van der Waals surface area contributed by atoms with Crippen molar-refractivity contribution in [3.8, 4) is 10.8 Å². The predicted octanol–water partition coefficient (Wildman–Crippen LogP) is 4.38. The first kappa shape index (κ1) is 13.8. The van der Waals surface area contributed by atoms with Gasteiger partial charge >= 0.3 is 0 Å². The molecule has 22 heavy (non-hydrogen) atoms. The molecule has 3 aromatic rings. The summed E-state index contributed by atoms with van der Waals surface area (Å²) in [6.07, 6.45) is 4.47. The number of aryl methyl sites for hydroxylation is 1. The summed E-state index contributed by atoms with van der Waals surface area (Å²) < 4.78 is 5.66. The summed E-state index contributed by atoms with van der Waals surface area (Å²) in [6.45, 7) is 4.00. The average Bonchev–Trinajstić information content (AvgIpc) is 3.25. The van der Waals surface area contributed by atoms with E-state index < -0.39 is 0 Å². The average molecular weight is 313 g/mol. The van der Waals surface area contributed by atoms with Crippen LogP contribution in [-0.4, -0.2) is 21.4 Å². The fourth-order valence-corrected chi connectivity index (χ4v) is 3.94. The molecule has 1 aliphatic rings. The lowest BCUT2D eigenvalue weighted by atomic mass is 10.1. The number of H-pyrrole nitrogens is 1. The molecular formula is C17H19N3OS. The quantitative estimate of drug-likeness (QED) is 0.777. The van der Waals surface area contributed by atoms with Gasteiger partial charge < -0.3 is 9.40 Å². The van der Waals surface area contributed by atoms with E-state index in [2.05, 4.69) is 27.4 Å². The van der Waals surface area contributed by atoms with E-state index in [9.17, 15) is 0 Å². The third-order valence-electron chi connectivity index (χ3n) is 4.21. The summed E-state index contributed by atoms with van der Waals surface area (Å²) in [4.78, 5) is 10.6. The highest BCUT2D eigenvalue weighted by atomic mass is 32.1. The van der Waals surface area contributed by atoms with Crippen molar-refractivity contribution in [1.82, 2.24) is 14.9 Å². The number of likely N-dealkylation sites (tertiary alicyclic amines) is 1. The molecule has 3 aromatic heterocycles. The summed E-state index contributed by atoms with van der Waals surface area (Å²) >= 11 is 1.66. The minimum Gasteiger partial charge on any atom is -0.459 e. The van der Waals surface area contributed by atoms with Crippen molar-refractivity contribution in [2.45, 2.75) is 32.4 Å². The Morgan fingerprint density at radius 2 is 2.36 bits per heavy atom. The monoisotopic (exact) mass is 313 g/mol. The molecule has 0 aromatic carbocycles. The highest BCUT2D eigenvalue weighted by Crippen LogP contribution is 2.33. The van der Waals surface area contributed by atoms with Gasteiger partial charge in [0.25, 0.3) is 0 Å². The van der Waals surface area contributed by atoms with Crippen molar-refractivity contribution < 1.29 is 4.42 Å².